The van der Waals surface area contributed by atoms with E-state index in [1.807, 2.05) is 36.1 Å². The molecular formula is C24H33N3O2. The monoisotopic (exact) mass is 395 g/mol. The summed E-state index contributed by atoms with van der Waals surface area (Å²) in [7, 11) is 0. The van der Waals surface area contributed by atoms with Gasteiger partial charge in [0.2, 0.25) is 5.91 Å². The third-order valence-electron chi connectivity index (χ3n) is 8.01. The molecule has 4 aliphatic rings. The van der Waals surface area contributed by atoms with Gasteiger partial charge < -0.3 is 15.1 Å². The van der Waals surface area contributed by atoms with Gasteiger partial charge in [-0.25, -0.2) is 0 Å². The van der Waals surface area contributed by atoms with Gasteiger partial charge in [0.05, 0.1) is 5.92 Å². The Morgan fingerprint density at radius 3 is 2.66 bits per heavy atom. The third kappa shape index (κ3) is 3.48. The van der Waals surface area contributed by atoms with Crippen LogP contribution in [0, 0.1) is 24.7 Å². The van der Waals surface area contributed by atoms with Crippen molar-refractivity contribution < 1.29 is 9.59 Å². The molecule has 4 fully saturated rings. The van der Waals surface area contributed by atoms with Crippen molar-refractivity contribution in [3.63, 3.8) is 0 Å². The number of hydrogen-bond donors (Lipinski definition) is 1. The highest BCUT2D eigenvalue weighted by atomic mass is 16.2. The number of fused-ring (bicyclic) bond motifs is 2. The van der Waals surface area contributed by atoms with E-state index in [4.69, 9.17) is 0 Å². The van der Waals surface area contributed by atoms with Crippen LogP contribution in [-0.4, -0.2) is 59.9 Å². The van der Waals surface area contributed by atoms with E-state index in [1.165, 1.54) is 32.2 Å². The summed E-state index contributed by atoms with van der Waals surface area (Å²) in [6.45, 7) is 6.64. The zero-order valence-electron chi connectivity index (χ0n) is 17.5. The predicted octanol–water partition coefficient (Wildman–Crippen LogP) is 2.84. The number of amides is 2. The molecule has 1 spiro atoms. The number of likely N-dealkylation sites (tertiary alicyclic amines) is 2. The second-order valence-electron chi connectivity index (χ2n) is 9.89. The van der Waals surface area contributed by atoms with Crippen LogP contribution in [0.25, 0.3) is 0 Å². The first-order valence-electron chi connectivity index (χ1n) is 11.4. The highest BCUT2D eigenvalue weighted by Crippen LogP contribution is 2.44. The number of carbonyl (C=O) groups excluding carboxylic acids is 2. The fourth-order valence-electron chi connectivity index (χ4n) is 6.41. The number of piperidine rings is 1. The van der Waals surface area contributed by atoms with E-state index < -0.39 is 0 Å². The van der Waals surface area contributed by atoms with E-state index in [0.717, 1.165) is 56.1 Å². The number of nitrogens with one attached hydrogen (secondary N) is 1. The van der Waals surface area contributed by atoms with Crippen molar-refractivity contribution >= 4 is 11.8 Å². The molecule has 0 radical (unpaired) electrons. The van der Waals surface area contributed by atoms with E-state index in [-0.39, 0.29) is 23.3 Å². The summed E-state index contributed by atoms with van der Waals surface area (Å²) in [6, 6.07) is 7.85. The highest BCUT2D eigenvalue weighted by molar-refractivity contribution is 5.94. The topological polar surface area (TPSA) is 52.7 Å². The number of nitrogens with zero attached hydrogens (tertiary/aromatic N) is 2. The smallest absolute Gasteiger partial charge is 0.253 e. The maximum atomic E-state index is 12.9. The summed E-state index contributed by atoms with van der Waals surface area (Å²) in [5.41, 5.74) is 1.79. The first-order chi connectivity index (χ1) is 14.0. The molecule has 0 unspecified atom stereocenters. The lowest BCUT2D eigenvalue weighted by Gasteiger charge is -2.43. The summed E-state index contributed by atoms with van der Waals surface area (Å²) >= 11 is 0. The molecule has 1 saturated carbocycles. The van der Waals surface area contributed by atoms with Gasteiger partial charge in [-0.15, -0.1) is 0 Å². The van der Waals surface area contributed by atoms with Gasteiger partial charge in [-0.1, -0.05) is 30.5 Å². The fourth-order valence-corrected chi connectivity index (χ4v) is 6.41. The Balaban J connectivity index is 1.24. The molecule has 29 heavy (non-hydrogen) atoms. The lowest BCUT2D eigenvalue weighted by Crippen LogP contribution is -2.56. The maximum absolute atomic E-state index is 12.9. The van der Waals surface area contributed by atoms with Crippen LogP contribution < -0.4 is 5.32 Å². The second-order valence-corrected chi connectivity index (χ2v) is 9.89. The van der Waals surface area contributed by atoms with Crippen molar-refractivity contribution in [2.75, 3.05) is 32.7 Å². The van der Waals surface area contributed by atoms with Gasteiger partial charge in [-0.3, -0.25) is 9.59 Å². The van der Waals surface area contributed by atoms with E-state index in [1.54, 1.807) is 0 Å². The highest BCUT2D eigenvalue weighted by Gasteiger charge is 2.57. The van der Waals surface area contributed by atoms with Crippen LogP contribution >= 0.6 is 0 Å². The Labute approximate surface area is 173 Å². The molecule has 1 aliphatic carbocycles. The average molecular weight is 396 g/mol. The zero-order chi connectivity index (χ0) is 20.0. The molecule has 3 saturated heterocycles. The van der Waals surface area contributed by atoms with Crippen LogP contribution in [0.2, 0.25) is 0 Å². The minimum Gasteiger partial charge on any atom is -0.350 e. The molecule has 1 aromatic carbocycles. The Morgan fingerprint density at radius 1 is 1.17 bits per heavy atom. The van der Waals surface area contributed by atoms with E-state index >= 15 is 0 Å². The van der Waals surface area contributed by atoms with Gasteiger partial charge in [0, 0.05) is 49.7 Å². The molecule has 1 aromatic rings. The largest absolute Gasteiger partial charge is 0.350 e. The Morgan fingerprint density at radius 2 is 1.93 bits per heavy atom. The van der Waals surface area contributed by atoms with Gasteiger partial charge in [0.15, 0.2) is 0 Å². The lowest BCUT2D eigenvalue weighted by atomic mass is 9.75. The molecule has 0 aromatic heterocycles. The number of rotatable bonds is 3. The summed E-state index contributed by atoms with van der Waals surface area (Å²) < 4.78 is 0. The molecule has 0 bridgehead atoms. The fraction of sp³-hybridized carbons (Fsp3) is 0.667. The van der Waals surface area contributed by atoms with E-state index in [9.17, 15) is 9.59 Å². The molecule has 5 nitrogen and oxygen atoms in total. The number of hydrogen-bond acceptors (Lipinski definition) is 3. The summed E-state index contributed by atoms with van der Waals surface area (Å²) in [6.07, 6.45) is 7.24. The van der Waals surface area contributed by atoms with Crippen LogP contribution in [0.4, 0.5) is 0 Å². The quantitative estimate of drug-likeness (QED) is 0.856. The van der Waals surface area contributed by atoms with Crippen molar-refractivity contribution in [3.05, 3.63) is 35.4 Å². The van der Waals surface area contributed by atoms with Crippen LogP contribution in [0.1, 0.15) is 54.4 Å². The predicted molar refractivity (Wildman–Crippen MR) is 113 cm³/mol. The summed E-state index contributed by atoms with van der Waals surface area (Å²) in [5.74, 6) is 1.77. The normalized spacial score (nSPS) is 29.4. The van der Waals surface area contributed by atoms with Gasteiger partial charge in [-0.05, 0) is 50.7 Å². The summed E-state index contributed by atoms with van der Waals surface area (Å²) in [4.78, 5) is 30.2. The molecule has 156 valence electrons. The van der Waals surface area contributed by atoms with Gasteiger partial charge in [0.1, 0.15) is 0 Å². The van der Waals surface area contributed by atoms with Crippen molar-refractivity contribution in [1.82, 2.24) is 15.1 Å². The molecule has 5 heteroatoms. The minimum atomic E-state index is -0.102. The second kappa shape index (κ2) is 7.42. The number of carbonyl (C=O) groups is 2. The molecule has 2 atom stereocenters. The Hall–Kier alpha value is -1.88. The molecule has 5 rings (SSSR count). The van der Waals surface area contributed by atoms with Crippen LogP contribution in [-0.2, 0) is 4.79 Å². The van der Waals surface area contributed by atoms with Crippen molar-refractivity contribution in [1.29, 1.82) is 0 Å². The molecule has 1 N–H and O–H groups in total. The van der Waals surface area contributed by atoms with Gasteiger partial charge in [0.25, 0.3) is 5.91 Å². The minimum absolute atomic E-state index is 0.102. The van der Waals surface area contributed by atoms with Crippen molar-refractivity contribution in [2.45, 2.75) is 51.0 Å². The zero-order valence-corrected chi connectivity index (χ0v) is 17.5. The number of aryl methyl sites for hydroxylation is 1. The SMILES string of the molecule is Cc1cccc(C(=O)N2CCC3(CC2)NC(=O)[C@@H]2CN(CC4CCCC4)C[C@@H]23)c1. The van der Waals surface area contributed by atoms with Gasteiger partial charge in [-0.2, -0.15) is 0 Å². The van der Waals surface area contributed by atoms with E-state index in [0.29, 0.717) is 5.92 Å². The number of benzene rings is 1. The molecule has 3 aliphatic heterocycles. The summed E-state index contributed by atoms with van der Waals surface area (Å²) in [5, 5.41) is 3.39. The molecular weight excluding hydrogens is 362 g/mol. The molecule has 2 amide bonds. The maximum Gasteiger partial charge on any atom is 0.253 e. The lowest BCUT2D eigenvalue weighted by molar-refractivity contribution is -0.123. The molecule has 3 heterocycles. The average Bonchev–Trinajstić information content (AvgIpc) is 3.43. The van der Waals surface area contributed by atoms with Crippen molar-refractivity contribution in [2.24, 2.45) is 17.8 Å². The van der Waals surface area contributed by atoms with Crippen LogP contribution in [0.3, 0.4) is 0 Å². The van der Waals surface area contributed by atoms with Crippen molar-refractivity contribution in [3.8, 4) is 0 Å². The standard InChI is InChI=1S/C24H33N3O2/c1-17-5-4-8-19(13-17)23(29)27-11-9-24(10-12-27)21-16-26(14-18-6-2-3-7-18)15-20(21)22(28)25-24/h4-5,8,13,18,20-21H,2-3,6-7,9-12,14-16H2,1H3,(H,25,28)/t20-,21+/m1/s1. The Bertz CT molecular complexity index is 793. The van der Waals surface area contributed by atoms with Crippen LogP contribution in [0.5, 0.6) is 0 Å². The van der Waals surface area contributed by atoms with E-state index in [2.05, 4.69) is 10.2 Å². The van der Waals surface area contributed by atoms with Gasteiger partial charge >= 0.3 is 0 Å². The first-order valence-corrected chi connectivity index (χ1v) is 11.4. The Kier molecular flexibility index (Phi) is 4.89. The first kappa shape index (κ1) is 19.1. The third-order valence-corrected chi connectivity index (χ3v) is 8.01. The van der Waals surface area contributed by atoms with Crippen LogP contribution in [0.15, 0.2) is 24.3 Å².